The van der Waals surface area contributed by atoms with Crippen LogP contribution in [0.2, 0.25) is 0 Å². The molecule has 1 heterocycles. The molecular formula is C13H12BrF2NOS. The molecule has 0 amide bonds. The van der Waals surface area contributed by atoms with Crippen molar-refractivity contribution in [2.24, 2.45) is 0 Å². The van der Waals surface area contributed by atoms with E-state index < -0.39 is 17.7 Å². The first kappa shape index (κ1) is 14.6. The lowest BCUT2D eigenvalue weighted by Crippen LogP contribution is -2.22. The summed E-state index contributed by atoms with van der Waals surface area (Å²) in [6.07, 6.45) is -1.21. The molecule has 19 heavy (non-hydrogen) atoms. The molecule has 2 rings (SSSR count). The summed E-state index contributed by atoms with van der Waals surface area (Å²) in [5.74, 6) is -1.46. The van der Waals surface area contributed by atoms with Crippen molar-refractivity contribution in [2.45, 2.75) is 12.6 Å². The maximum atomic E-state index is 13.4. The molecule has 6 heteroatoms. The van der Waals surface area contributed by atoms with Gasteiger partial charge in [-0.1, -0.05) is 6.07 Å². The number of aliphatic hydroxyl groups is 1. The lowest BCUT2D eigenvalue weighted by Gasteiger charge is -2.13. The van der Waals surface area contributed by atoms with Gasteiger partial charge in [0.15, 0.2) is 0 Å². The predicted octanol–water partition coefficient (Wildman–Crippen LogP) is 3.61. The molecular weight excluding hydrogens is 336 g/mol. The van der Waals surface area contributed by atoms with Gasteiger partial charge in [-0.2, -0.15) is 0 Å². The number of rotatable bonds is 5. The Bertz CT molecular complexity index is 541. The summed E-state index contributed by atoms with van der Waals surface area (Å²) in [6.45, 7) is 0.619. The maximum Gasteiger partial charge on any atom is 0.131 e. The average molecular weight is 348 g/mol. The monoisotopic (exact) mass is 347 g/mol. The summed E-state index contributed by atoms with van der Waals surface area (Å²) in [6, 6.07) is 5.47. The molecule has 1 aromatic heterocycles. The molecule has 0 bridgehead atoms. The van der Waals surface area contributed by atoms with Gasteiger partial charge in [0.05, 0.1) is 11.7 Å². The Morgan fingerprint density at radius 1 is 1.26 bits per heavy atom. The Labute approximate surface area is 122 Å². The SMILES string of the molecule is OC(CNCc1sccc1Br)c1c(F)cccc1F. The molecule has 2 nitrogen and oxygen atoms in total. The molecule has 0 radical (unpaired) electrons. The summed E-state index contributed by atoms with van der Waals surface area (Å²) < 4.78 is 27.8. The summed E-state index contributed by atoms with van der Waals surface area (Å²) in [4.78, 5) is 1.07. The van der Waals surface area contributed by atoms with Crippen LogP contribution in [-0.4, -0.2) is 11.7 Å². The minimum Gasteiger partial charge on any atom is -0.387 e. The van der Waals surface area contributed by atoms with E-state index in [0.717, 1.165) is 21.5 Å². The minimum atomic E-state index is -1.21. The largest absolute Gasteiger partial charge is 0.387 e. The predicted molar refractivity (Wildman–Crippen MR) is 75.0 cm³/mol. The van der Waals surface area contributed by atoms with Crippen LogP contribution in [0, 0.1) is 11.6 Å². The molecule has 0 saturated carbocycles. The third-order valence-corrected chi connectivity index (χ3v) is 4.57. The molecule has 2 N–H and O–H groups in total. The van der Waals surface area contributed by atoms with Gasteiger partial charge in [-0.05, 0) is 39.5 Å². The third-order valence-electron chi connectivity index (χ3n) is 2.65. The number of halogens is 3. The van der Waals surface area contributed by atoms with E-state index in [2.05, 4.69) is 21.2 Å². The van der Waals surface area contributed by atoms with Crippen LogP contribution in [0.4, 0.5) is 8.78 Å². The Balaban J connectivity index is 1.95. The Morgan fingerprint density at radius 2 is 1.95 bits per heavy atom. The zero-order valence-electron chi connectivity index (χ0n) is 9.87. The highest BCUT2D eigenvalue weighted by atomic mass is 79.9. The Hall–Kier alpha value is -0.820. The highest BCUT2D eigenvalue weighted by Gasteiger charge is 2.17. The van der Waals surface area contributed by atoms with E-state index in [1.54, 1.807) is 11.3 Å². The maximum absolute atomic E-state index is 13.4. The normalized spacial score (nSPS) is 12.6. The molecule has 2 aromatic rings. The van der Waals surface area contributed by atoms with Gasteiger partial charge in [-0.25, -0.2) is 8.78 Å². The van der Waals surface area contributed by atoms with Gasteiger partial charge in [-0.15, -0.1) is 11.3 Å². The highest BCUT2D eigenvalue weighted by molar-refractivity contribution is 9.10. The van der Waals surface area contributed by atoms with Gasteiger partial charge in [-0.3, -0.25) is 0 Å². The van der Waals surface area contributed by atoms with Crippen molar-refractivity contribution in [3.8, 4) is 0 Å². The zero-order chi connectivity index (χ0) is 13.8. The first-order valence-electron chi connectivity index (χ1n) is 5.64. The van der Waals surface area contributed by atoms with Crippen molar-refractivity contribution in [1.29, 1.82) is 0 Å². The number of aliphatic hydroxyl groups excluding tert-OH is 1. The highest BCUT2D eigenvalue weighted by Crippen LogP contribution is 2.23. The van der Waals surface area contributed by atoms with Gasteiger partial charge < -0.3 is 10.4 Å². The van der Waals surface area contributed by atoms with E-state index in [9.17, 15) is 13.9 Å². The third kappa shape index (κ3) is 3.60. The molecule has 0 aliphatic rings. The second-order valence-electron chi connectivity index (χ2n) is 3.97. The quantitative estimate of drug-likeness (QED) is 0.865. The number of hydrogen-bond donors (Lipinski definition) is 2. The minimum absolute atomic E-state index is 0.0855. The molecule has 1 unspecified atom stereocenters. The molecule has 102 valence electrons. The van der Waals surface area contributed by atoms with Crippen molar-refractivity contribution in [3.63, 3.8) is 0 Å². The number of thiophene rings is 1. The van der Waals surface area contributed by atoms with E-state index in [4.69, 9.17) is 0 Å². The van der Waals surface area contributed by atoms with Crippen LogP contribution in [0.3, 0.4) is 0 Å². The molecule has 0 fully saturated rings. The summed E-state index contributed by atoms with van der Waals surface area (Å²) in [5.41, 5.74) is -0.291. The van der Waals surface area contributed by atoms with Gasteiger partial charge in [0.2, 0.25) is 0 Å². The lowest BCUT2D eigenvalue weighted by molar-refractivity contribution is 0.165. The summed E-state index contributed by atoms with van der Waals surface area (Å²) >= 11 is 4.95. The average Bonchev–Trinajstić information content (AvgIpc) is 2.75. The van der Waals surface area contributed by atoms with E-state index >= 15 is 0 Å². The van der Waals surface area contributed by atoms with Crippen molar-refractivity contribution in [3.05, 3.63) is 56.2 Å². The summed E-state index contributed by atoms with van der Waals surface area (Å²) in [7, 11) is 0. The molecule has 1 atom stereocenters. The van der Waals surface area contributed by atoms with Crippen LogP contribution in [0.5, 0.6) is 0 Å². The van der Waals surface area contributed by atoms with E-state index in [0.29, 0.717) is 6.54 Å². The fourth-order valence-electron chi connectivity index (χ4n) is 1.70. The van der Waals surface area contributed by atoms with Crippen molar-refractivity contribution in [1.82, 2.24) is 5.32 Å². The smallest absolute Gasteiger partial charge is 0.131 e. The van der Waals surface area contributed by atoms with Crippen LogP contribution >= 0.6 is 27.3 Å². The molecule has 0 aliphatic carbocycles. The topological polar surface area (TPSA) is 32.3 Å². The number of nitrogens with one attached hydrogen (secondary N) is 1. The fourth-order valence-corrected chi connectivity index (χ4v) is 3.17. The van der Waals surface area contributed by atoms with Gasteiger partial charge >= 0.3 is 0 Å². The van der Waals surface area contributed by atoms with Crippen LogP contribution in [-0.2, 0) is 6.54 Å². The summed E-state index contributed by atoms with van der Waals surface area (Å²) in [5, 5.41) is 14.7. The Morgan fingerprint density at radius 3 is 2.53 bits per heavy atom. The molecule has 0 spiro atoms. The fraction of sp³-hybridized carbons (Fsp3) is 0.231. The first-order chi connectivity index (χ1) is 9.09. The molecule has 0 aliphatic heterocycles. The zero-order valence-corrected chi connectivity index (χ0v) is 12.3. The van der Waals surface area contributed by atoms with Crippen LogP contribution in [0.25, 0.3) is 0 Å². The van der Waals surface area contributed by atoms with E-state index in [-0.39, 0.29) is 12.1 Å². The number of hydrogen-bond acceptors (Lipinski definition) is 3. The van der Waals surface area contributed by atoms with E-state index in [1.165, 1.54) is 6.07 Å². The Kier molecular flexibility index (Phi) is 5.04. The lowest BCUT2D eigenvalue weighted by atomic mass is 10.1. The van der Waals surface area contributed by atoms with Crippen LogP contribution < -0.4 is 5.32 Å². The van der Waals surface area contributed by atoms with Crippen LogP contribution in [0.15, 0.2) is 34.1 Å². The molecule has 0 saturated heterocycles. The first-order valence-corrected chi connectivity index (χ1v) is 7.31. The van der Waals surface area contributed by atoms with Crippen molar-refractivity contribution in [2.75, 3.05) is 6.54 Å². The second-order valence-corrected chi connectivity index (χ2v) is 5.83. The van der Waals surface area contributed by atoms with Crippen molar-refractivity contribution < 1.29 is 13.9 Å². The second kappa shape index (κ2) is 6.56. The van der Waals surface area contributed by atoms with Gasteiger partial charge in [0, 0.05) is 22.4 Å². The number of benzene rings is 1. The van der Waals surface area contributed by atoms with Gasteiger partial charge in [0.25, 0.3) is 0 Å². The van der Waals surface area contributed by atoms with Crippen LogP contribution in [0.1, 0.15) is 16.5 Å². The van der Waals surface area contributed by atoms with E-state index in [1.807, 2.05) is 11.4 Å². The van der Waals surface area contributed by atoms with Crippen molar-refractivity contribution >= 4 is 27.3 Å². The van der Waals surface area contributed by atoms with Gasteiger partial charge in [0.1, 0.15) is 11.6 Å². The standard InChI is InChI=1S/C13H12BrF2NOS/c14-8-4-5-19-12(8)7-17-6-11(18)13-9(15)2-1-3-10(13)16/h1-5,11,17-18H,6-7H2. The molecule has 1 aromatic carbocycles.